The van der Waals surface area contributed by atoms with Crippen molar-refractivity contribution in [2.75, 3.05) is 5.32 Å². The summed E-state index contributed by atoms with van der Waals surface area (Å²) in [5.41, 5.74) is 2.74. The van der Waals surface area contributed by atoms with Gasteiger partial charge in [-0.05, 0) is 49.8 Å². The molecule has 3 N–H and O–H groups in total. The highest BCUT2D eigenvalue weighted by Crippen LogP contribution is 2.20. The summed E-state index contributed by atoms with van der Waals surface area (Å²) in [7, 11) is 0. The van der Waals surface area contributed by atoms with Gasteiger partial charge in [-0.25, -0.2) is 4.79 Å². The Kier molecular flexibility index (Phi) is 4.68. The number of hydrogen-bond acceptors (Lipinski definition) is 2. The number of benzene rings is 1. The maximum atomic E-state index is 11.9. The number of carbonyl (C=O) groups is 2. The number of H-pyrrole nitrogens is 1. The number of halogens is 1. The Bertz CT molecular complexity index is 745. The Morgan fingerprint density at radius 1 is 1.23 bits per heavy atom. The number of hydrogen-bond donors (Lipinski definition) is 3. The van der Waals surface area contributed by atoms with E-state index >= 15 is 0 Å². The molecule has 0 aliphatic carbocycles. The van der Waals surface area contributed by atoms with Gasteiger partial charge in [0.1, 0.15) is 5.69 Å². The third-order valence-corrected chi connectivity index (χ3v) is 3.53. The van der Waals surface area contributed by atoms with Crippen LogP contribution in [-0.4, -0.2) is 22.0 Å². The number of carboxylic acids is 1. The van der Waals surface area contributed by atoms with Gasteiger partial charge in [-0.1, -0.05) is 11.6 Å². The summed E-state index contributed by atoms with van der Waals surface area (Å²) in [5, 5.41) is 12.4. The van der Waals surface area contributed by atoms with Crippen LogP contribution in [0.3, 0.4) is 0 Å². The van der Waals surface area contributed by atoms with E-state index in [0.717, 1.165) is 11.3 Å². The minimum atomic E-state index is -1.06. The van der Waals surface area contributed by atoms with E-state index in [-0.39, 0.29) is 11.6 Å². The Balaban J connectivity index is 2.16. The molecule has 0 aliphatic heterocycles. The number of anilines is 1. The lowest BCUT2D eigenvalue weighted by Crippen LogP contribution is -2.07. The lowest BCUT2D eigenvalue weighted by atomic mass is 10.1. The predicted molar refractivity (Wildman–Crippen MR) is 86.3 cm³/mol. The number of aromatic nitrogens is 1. The number of carbonyl (C=O) groups excluding carboxylic acids is 1. The standard InChI is InChI=1S/C16H15ClN2O3/c1-9-10(2)18-15(16(21)22)13(9)7-8-14(20)19-12-5-3-11(17)4-6-12/h3-8,18H,1-2H3,(H,19,20)(H,21,22)/b8-7+. The van der Waals surface area contributed by atoms with Crippen molar-refractivity contribution in [2.24, 2.45) is 0 Å². The Hall–Kier alpha value is -2.53. The topological polar surface area (TPSA) is 82.2 Å². The van der Waals surface area contributed by atoms with Crippen LogP contribution in [0, 0.1) is 13.8 Å². The van der Waals surface area contributed by atoms with Crippen molar-refractivity contribution in [3.05, 3.63) is 57.9 Å². The van der Waals surface area contributed by atoms with Crippen LogP contribution in [0.5, 0.6) is 0 Å². The maximum absolute atomic E-state index is 11.9. The molecule has 0 unspecified atom stereocenters. The lowest BCUT2D eigenvalue weighted by Gasteiger charge is -2.02. The highest BCUT2D eigenvalue weighted by molar-refractivity contribution is 6.30. The Labute approximate surface area is 132 Å². The first kappa shape index (κ1) is 15.9. The number of aryl methyl sites for hydroxylation is 1. The number of carboxylic acid groups (broad SMARTS) is 1. The Morgan fingerprint density at radius 3 is 2.45 bits per heavy atom. The molecule has 0 aliphatic rings. The zero-order valence-corrected chi connectivity index (χ0v) is 12.9. The quantitative estimate of drug-likeness (QED) is 0.753. The summed E-state index contributed by atoms with van der Waals surface area (Å²) < 4.78 is 0. The highest BCUT2D eigenvalue weighted by Gasteiger charge is 2.15. The molecule has 114 valence electrons. The van der Waals surface area contributed by atoms with Gasteiger partial charge in [0.05, 0.1) is 0 Å². The van der Waals surface area contributed by atoms with Crippen molar-refractivity contribution in [3.63, 3.8) is 0 Å². The van der Waals surface area contributed by atoms with Crippen LogP contribution in [0.2, 0.25) is 5.02 Å². The smallest absolute Gasteiger partial charge is 0.352 e. The molecule has 1 aromatic heterocycles. The first-order chi connectivity index (χ1) is 10.4. The normalized spacial score (nSPS) is 10.9. The third-order valence-electron chi connectivity index (χ3n) is 3.28. The van der Waals surface area contributed by atoms with E-state index in [2.05, 4.69) is 10.3 Å². The zero-order valence-electron chi connectivity index (χ0n) is 12.1. The van der Waals surface area contributed by atoms with Crippen LogP contribution in [0.15, 0.2) is 30.3 Å². The summed E-state index contributed by atoms with van der Waals surface area (Å²) in [6, 6.07) is 6.71. The van der Waals surface area contributed by atoms with Gasteiger partial charge in [-0.2, -0.15) is 0 Å². The molecule has 1 aromatic carbocycles. The first-order valence-corrected chi connectivity index (χ1v) is 6.93. The minimum absolute atomic E-state index is 0.0746. The summed E-state index contributed by atoms with van der Waals surface area (Å²) >= 11 is 5.77. The van der Waals surface area contributed by atoms with E-state index < -0.39 is 5.97 Å². The number of aromatic carboxylic acids is 1. The maximum Gasteiger partial charge on any atom is 0.352 e. The molecule has 0 saturated heterocycles. The number of aromatic amines is 1. The van der Waals surface area contributed by atoms with Crippen molar-refractivity contribution >= 4 is 35.2 Å². The number of rotatable bonds is 4. The molecule has 0 bridgehead atoms. The van der Waals surface area contributed by atoms with Gasteiger partial charge in [-0.15, -0.1) is 0 Å². The van der Waals surface area contributed by atoms with E-state index in [1.807, 2.05) is 0 Å². The molecule has 2 aromatic rings. The first-order valence-electron chi connectivity index (χ1n) is 6.55. The van der Waals surface area contributed by atoms with Crippen molar-refractivity contribution in [1.82, 2.24) is 4.98 Å². The van der Waals surface area contributed by atoms with E-state index in [0.29, 0.717) is 16.3 Å². The molecule has 0 radical (unpaired) electrons. The molecular weight excluding hydrogens is 304 g/mol. The number of nitrogens with one attached hydrogen (secondary N) is 2. The fourth-order valence-electron chi connectivity index (χ4n) is 1.99. The average molecular weight is 319 g/mol. The van der Waals surface area contributed by atoms with Gasteiger partial charge < -0.3 is 15.4 Å². The molecule has 0 fully saturated rings. The van der Waals surface area contributed by atoms with E-state index in [1.165, 1.54) is 12.2 Å². The average Bonchev–Trinajstić information content (AvgIpc) is 2.75. The van der Waals surface area contributed by atoms with Gasteiger partial charge in [0, 0.05) is 28.0 Å². The molecular formula is C16H15ClN2O3. The molecule has 1 heterocycles. The zero-order chi connectivity index (χ0) is 16.3. The van der Waals surface area contributed by atoms with Crippen LogP contribution in [0.1, 0.15) is 27.3 Å². The summed E-state index contributed by atoms with van der Waals surface area (Å²) in [6.45, 7) is 3.59. The van der Waals surface area contributed by atoms with E-state index in [4.69, 9.17) is 16.7 Å². The summed E-state index contributed by atoms with van der Waals surface area (Å²) in [6.07, 6.45) is 2.80. The van der Waals surface area contributed by atoms with Crippen molar-refractivity contribution < 1.29 is 14.7 Å². The van der Waals surface area contributed by atoms with E-state index in [1.54, 1.807) is 38.1 Å². The second-order valence-corrected chi connectivity index (χ2v) is 5.23. The minimum Gasteiger partial charge on any atom is -0.477 e. The van der Waals surface area contributed by atoms with Crippen molar-refractivity contribution in [1.29, 1.82) is 0 Å². The molecule has 0 spiro atoms. The van der Waals surface area contributed by atoms with Crippen LogP contribution < -0.4 is 5.32 Å². The van der Waals surface area contributed by atoms with Gasteiger partial charge in [0.25, 0.3) is 0 Å². The number of amides is 1. The fourth-order valence-corrected chi connectivity index (χ4v) is 2.12. The van der Waals surface area contributed by atoms with Crippen LogP contribution in [0.4, 0.5) is 5.69 Å². The monoisotopic (exact) mass is 318 g/mol. The molecule has 22 heavy (non-hydrogen) atoms. The van der Waals surface area contributed by atoms with Crippen molar-refractivity contribution in [2.45, 2.75) is 13.8 Å². The largest absolute Gasteiger partial charge is 0.477 e. The fraction of sp³-hybridized carbons (Fsp3) is 0.125. The van der Waals surface area contributed by atoms with Crippen LogP contribution >= 0.6 is 11.6 Å². The third kappa shape index (κ3) is 3.56. The molecule has 0 atom stereocenters. The molecule has 5 nitrogen and oxygen atoms in total. The van der Waals surface area contributed by atoms with Gasteiger partial charge >= 0.3 is 5.97 Å². The second kappa shape index (κ2) is 6.49. The van der Waals surface area contributed by atoms with Crippen LogP contribution in [-0.2, 0) is 4.79 Å². The predicted octanol–water partition coefficient (Wildman–Crippen LogP) is 3.64. The lowest BCUT2D eigenvalue weighted by molar-refractivity contribution is -0.111. The molecule has 2 rings (SSSR count). The second-order valence-electron chi connectivity index (χ2n) is 4.80. The van der Waals surface area contributed by atoms with Gasteiger partial charge in [0.15, 0.2) is 0 Å². The van der Waals surface area contributed by atoms with Gasteiger partial charge in [0.2, 0.25) is 5.91 Å². The van der Waals surface area contributed by atoms with Crippen molar-refractivity contribution in [3.8, 4) is 0 Å². The summed E-state index contributed by atoms with van der Waals surface area (Å²) in [5.74, 6) is -1.41. The molecule has 6 heteroatoms. The Morgan fingerprint density at radius 2 is 1.86 bits per heavy atom. The molecule has 0 saturated carbocycles. The van der Waals surface area contributed by atoms with Crippen LogP contribution in [0.25, 0.3) is 6.08 Å². The molecule has 1 amide bonds. The highest BCUT2D eigenvalue weighted by atomic mass is 35.5. The SMILES string of the molecule is Cc1[nH]c(C(=O)O)c(/C=C/C(=O)Nc2ccc(Cl)cc2)c1C. The van der Waals surface area contributed by atoms with E-state index in [9.17, 15) is 9.59 Å². The summed E-state index contributed by atoms with van der Waals surface area (Å²) in [4.78, 5) is 25.9. The van der Waals surface area contributed by atoms with Gasteiger partial charge in [-0.3, -0.25) is 4.79 Å².